The number of nitrogens with zero attached hydrogens (tertiary/aromatic N) is 4. The minimum atomic E-state index is -0.402. The fourth-order valence-corrected chi connectivity index (χ4v) is 4.28. The topological polar surface area (TPSA) is 77.9 Å². The van der Waals surface area contributed by atoms with Gasteiger partial charge in [-0.05, 0) is 75.5 Å². The average molecular weight is 602 g/mol. The highest BCUT2D eigenvalue weighted by Crippen LogP contribution is 2.25. The predicted octanol–water partition coefficient (Wildman–Crippen LogP) is 6.47. The van der Waals surface area contributed by atoms with E-state index in [2.05, 4.69) is 47.4 Å². The molecule has 0 aliphatic carbocycles. The number of nitrogens with one attached hydrogen (secondary N) is 1. The number of aryl methyl sites for hydroxylation is 1. The Labute approximate surface area is 210 Å². The predicted molar refractivity (Wildman–Crippen MR) is 131 cm³/mol. The van der Waals surface area contributed by atoms with Crippen LogP contribution in [0, 0.1) is 13.8 Å². The third kappa shape index (κ3) is 4.96. The minimum Gasteiger partial charge on any atom is -0.454 e. The normalized spacial score (nSPS) is 11.2. The van der Waals surface area contributed by atoms with E-state index in [9.17, 15) is 4.79 Å². The van der Waals surface area contributed by atoms with Crippen LogP contribution >= 0.6 is 55.1 Å². The Balaban J connectivity index is 1.44. The first-order valence-electron chi connectivity index (χ1n) is 9.47. The molecule has 0 saturated heterocycles. The van der Waals surface area contributed by atoms with Gasteiger partial charge in [-0.1, -0.05) is 29.3 Å². The molecule has 3 heterocycles. The van der Waals surface area contributed by atoms with Crippen LogP contribution in [0.3, 0.4) is 0 Å². The molecule has 7 nitrogen and oxygen atoms in total. The second-order valence-electron chi connectivity index (χ2n) is 7.12. The average Bonchev–Trinajstić information content (AvgIpc) is 3.40. The van der Waals surface area contributed by atoms with E-state index in [4.69, 9.17) is 27.6 Å². The van der Waals surface area contributed by atoms with Crippen LogP contribution in [0.15, 0.2) is 49.9 Å². The van der Waals surface area contributed by atoms with Gasteiger partial charge in [-0.2, -0.15) is 10.2 Å². The molecule has 0 spiro atoms. The minimum absolute atomic E-state index is 0.183. The zero-order valence-corrected chi connectivity index (χ0v) is 21.7. The molecule has 0 aliphatic rings. The van der Waals surface area contributed by atoms with E-state index in [0.29, 0.717) is 39.2 Å². The SMILES string of the molecule is Cc1nn(Cc2ccc(C(=O)Nc3nn(Cc4ccc(Cl)cc4Cl)cc3Br)o2)c(C)c1Br. The van der Waals surface area contributed by atoms with Gasteiger partial charge in [0, 0.05) is 16.2 Å². The summed E-state index contributed by atoms with van der Waals surface area (Å²) in [5.41, 5.74) is 2.74. The summed E-state index contributed by atoms with van der Waals surface area (Å²) < 4.78 is 10.8. The number of carbonyl (C=O) groups is 1. The molecule has 0 saturated carbocycles. The lowest BCUT2D eigenvalue weighted by Crippen LogP contribution is -2.12. The van der Waals surface area contributed by atoms with Crippen molar-refractivity contribution in [2.45, 2.75) is 26.9 Å². The lowest BCUT2D eigenvalue weighted by Gasteiger charge is -2.05. The van der Waals surface area contributed by atoms with E-state index in [1.807, 2.05) is 24.6 Å². The first-order valence-corrected chi connectivity index (χ1v) is 11.8. The summed E-state index contributed by atoms with van der Waals surface area (Å²) in [5, 5.41) is 12.8. The molecule has 0 unspecified atom stereocenters. The van der Waals surface area contributed by atoms with Crippen LogP contribution in [-0.2, 0) is 13.1 Å². The van der Waals surface area contributed by atoms with Crippen LogP contribution in [0.1, 0.15) is 33.3 Å². The molecular weight excluding hydrogens is 585 g/mol. The van der Waals surface area contributed by atoms with Crippen molar-refractivity contribution in [3.8, 4) is 0 Å². The second kappa shape index (κ2) is 9.43. The molecule has 4 aromatic rings. The number of hydrogen-bond acceptors (Lipinski definition) is 4. The fraction of sp³-hybridized carbons (Fsp3) is 0.190. The highest BCUT2D eigenvalue weighted by atomic mass is 79.9. The first-order chi connectivity index (χ1) is 15.2. The van der Waals surface area contributed by atoms with E-state index in [-0.39, 0.29) is 5.76 Å². The zero-order chi connectivity index (χ0) is 23.0. The highest BCUT2D eigenvalue weighted by molar-refractivity contribution is 9.11. The third-order valence-corrected chi connectivity index (χ3v) is 7.10. The van der Waals surface area contributed by atoms with E-state index >= 15 is 0 Å². The Morgan fingerprint density at radius 2 is 1.91 bits per heavy atom. The van der Waals surface area contributed by atoms with Gasteiger partial charge in [0.05, 0.1) is 33.4 Å². The van der Waals surface area contributed by atoms with Crippen LogP contribution < -0.4 is 5.32 Å². The van der Waals surface area contributed by atoms with E-state index < -0.39 is 5.91 Å². The molecule has 4 rings (SSSR count). The molecule has 1 aromatic carbocycles. The van der Waals surface area contributed by atoms with E-state index in [1.165, 1.54) is 0 Å². The Bertz CT molecular complexity index is 1310. The van der Waals surface area contributed by atoms with Crippen LogP contribution in [-0.4, -0.2) is 25.5 Å². The van der Waals surface area contributed by atoms with Crippen LogP contribution in [0.2, 0.25) is 10.0 Å². The smallest absolute Gasteiger partial charge is 0.292 e. The summed E-state index contributed by atoms with van der Waals surface area (Å²) >= 11 is 19.1. The third-order valence-electron chi connectivity index (χ3n) is 4.78. The maximum atomic E-state index is 12.7. The van der Waals surface area contributed by atoms with Gasteiger partial charge < -0.3 is 9.73 Å². The molecular formula is C21H17Br2Cl2N5O2. The maximum absolute atomic E-state index is 12.7. The van der Waals surface area contributed by atoms with Gasteiger partial charge in [0.25, 0.3) is 5.91 Å². The van der Waals surface area contributed by atoms with Crippen molar-refractivity contribution in [2.75, 3.05) is 5.32 Å². The standard InChI is InChI=1S/C21H17Br2Cl2N5O2/c1-11-19(23)12(2)30(27-11)9-15-5-6-18(32-15)21(31)26-20-16(22)10-29(28-20)8-13-3-4-14(24)7-17(13)25/h3-7,10H,8-9H2,1-2H3,(H,26,28,31). The molecule has 3 aromatic heterocycles. The molecule has 1 N–H and O–H groups in total. The number of hydrogen-bond donors (Lipinski definition) is 1. The first kappa shape index (κ1) is 23.1. The molecule has 0 fully saturated rings. The van der Waals surface area contributed by atoms with Crippen LogP contribution in [0.5, 0.6) is 0 Å². The zero-order valence-electron chi connectivity index (χ0n) is 17.0. The molecule has 1 amide bonds. The van der Waals surface area contributed by atoms with Gasteiger partial charge in [0.15, 0.2) is 11.6 Å². The van der Waals surface area contributed by atoms with E-state index in [1.54, 1.807) is 35.1 Å². The number of benzene rings is 1. The largest absolute Gasteiger partial charge is 0.454 e. The number of rotatable bonds is 6. The number of amides is 1. The lowest BCUT2D eigenvalue weighted by atomic mass is 10.2. The Kier molecular flexibility index (Phi) is 6.80. The Morgan fingerprint density at radius 1 is 1.12 bits per heavy atom. The van der Waals surface area contributed by atoms with Crippen molar-refractivity contribution in [2.24, 2.45) is 0 Å². The highest BCUT2D eigenvalue weighted by Gasteiger charge is 2.17. The van der Waals surface area contributed by atoms with Gasteiger partial charge in [0.1, 0.15) is 5.76 Å². The van der Waals surface area contributed by atoms with Crippen molar-refractivity contribution < 1.29 is 9.21 Å². The van der Waals surface area contributed by atoms with Crippen molar-refractivity contribution >= 4 is 66.8 Å². The Hall–Kier alpha value is -2.07. The molecule has 0 aliphatic heterocycles. The van der Waals surface area contributed by atoms with Crippen LogP contribution in [0.4, 0.5) is 5.82 Å². The van der Waals surface area contributed by atoms with Crippen LogP contribution in [0.25, 0.3) is 0 Å². The van der Waals surface area contributed by atoms with Crippen molar-refractivity contribution in [3.05, 3.63) is 84.0 Å². The van der Waals surface area contributed by atoms with Gasteiger partial charge in [-0.3, -0.25) is 14.2 Å². The van der Waals surface area contributed by atoms with E-state index in [0.717, 1.165) is 21.4 Å². The molecule has 0 bridgehead atoms. The van der Waals surface area contributed by atoms with Gasteiger partial charge in [-0.25, -0.2) is 0 Å². The molecule has 11 heteroatoms. The Morgan fingerprint density at radius 3 is 2.59 bits per heavy atom. The molecule has 166 valence electrons. The van der Waals surface area contributed by atoms with Gasteiger partial charge >= 0.3 is 0 Å². The summed E-state index contributed by atoms with van der Waals surface area (Å²) in [5.74, 6) is 0.778. The summed E-state index contributed by atoms with van der Waals surface area (Å²) in [6.45, 7) is 4.73. The van der Waals surface area contributed by atoms with Crippen molar-refractivity contribution in [1.82, 2.24) is 19.6 Å². The molecule has 0 atom stereocenters. The van der Waals surface area contributed by atoms with Crippen molar-refractivity contribution in [1.29, 1.82) is 0 Å². The second-order valence-corrected chi connectivity index (χ2v) is 9.61. The number of aromatic nitrogens is 4. The number of carbonyl (C=O) groups excluding carboxylic acids is 1. The quantitative estimate of drug-likeness (QED) is 0.275. The molecule has 0 radical (unpaired) electrons. The number of furan rings is 1. The number of anilines is 1. The summed E-state index contributed by atoms with van der Waals surface area (Å²) in [6.07, 6.45) is 1.76. The summed E-state index contributed by atoms with van der Waals surface area (Å²) in [7, 11) is 0. The monoisotopic (exact) mass is 599 g/mol. The summed E-state index contributed by atoms with van der Waals surface area (Å²) in [4.78, 5) is 12.7. The molecule has 32 heavy (non-hydrogen) atoms. The van der Waals surface area contributed by atoms with Gasteiger partial charge in [0.2, 0.25) is 0 Å². The maximum Gasteiger partial charge on any atom is 0.292 e. The van der Waals surface area contributed by atoms with Gasteiger partial charge in [-0.15, -0.1) is 0 Å². The van der Waals surface area contributed by atoms with Crippen molar-refractivity contribution in [3.63, 3.8) is 0 Å². The summed E-state index contributed by atoms with van der Waals surface area (Å²) in [6, 6.07) is 8.67. The fourth-order valence-electron chi connectivity index (χ4n) is 3.12. The lowest BCUT2D eigenvalue weighted by molar-refractivity contribution is 0.0994. The number of halogens is 4.